The Morgan fingerprint density at radius 3 is 2.47 bits per heavy atom. The summed E-state index contributed by atoms with van der Waals surface area (Å²) in [6.45, 7) is 2.00. The van der Waals surface area contributed by atoms with E-state index in [1.165, 1.54) is 7.11 Å². The van der Waals surface area contributed by atoms with Gasteiger partial charge in [0.05, 0.1) is 24.0 Å². The lowest BCUT2D eigenvalue weighted by atomic mass is 10.1. The molecule has 0 saturated heterocycles. The van der Waals surface area contributed by atoms with E-state index in [0.29, 0.717) is 11.3 Å². The highest BCUT2D eigenvalue weighted by Gasteiger charge is 2.05. The molecule has 0 heterocycles. The number of hydrogen-bond donors (Lipinski definition) is 2. The molecule has 0 bridgehead atoms. The Hall–Kier alpha value is -2.49. The van der Waals surface area contributed by atoms with E-state index >= 15 is 0 Å². The molecule has 0 aliphatic carbocycles. The van der Waals surface area contributed by atoms with E-state index in [1.54, 1.807) is 12.1 Å². The average Bonchev–Trinajstić information content (AvgIpc) is 2.43. The molecule has 0 aromatic heterocycles. The number of hydrogen-bond acceptors (Lipinski definition) is 4. The van der Waals surface area contributed by atoms with Crippen molar-refractivity contribution in [3.63, 3.8) is 0 Å². The van der Waals surface area contributed by atoms with Gasteiger partial charge in [-0.1, -0.05) is 6.07 Å². The van der Waals surface area contributed by atoms with Gasteiger partial charge >= 0.3 is 5.97 Å². The molecule has 19 heavy (non-hydrogen) atoms. The third-order valence-corrected chi connectivity index (χ3v) is 2.79. The van der Waals surface area contributed by atoms with Crippen LogP contribution in [0.1, 0.15) is 15.9 Å². The van der Waals surface area contributed by atoms with Crippen molar-refractivity contribution in [2.24, 2.45) is 0 Å². The van der Waals surface area contributed by atoms with Gasteiger partial charge in [-0.05, 0) is 48.9 Å². The number of anilines is 3. The number of methoxy groups -OCH3 is 1. The molecule has 0 atom stereocenters. The number of nitrogen functional groups attached to an aromatic ring is 1. The number of carbonyl (C=O) groups is 1. The van der Waals surface area contributed by atoms with Crippen LogP contribution >= 0.6 is 0 Å². The summed E-state index contributed by atoms with van der Waals surface area (Å²) < 4.78 is 4.65. The van der Waals surface area contributed by atoms with Gasteiger partial charge in [-0.15, -0.1) is 0 Å². The molecule has 2 rings (SSSR count). The van der Waals surface area contributed by atoms with Crippen molar-refractivity contribution in [2.75, 3.05) is 18.2 Å². The van der Waals surface area contributed by atoms with Gasteiger partial charge in [0.2, 0.25) is 0 Å². The van der Waals surface area contributed by atoms with Gasteiger partial charge in [0, 0.05) is 5.69 Å². The topological polar surface area (TPSA) is 64.3 Å². The van der Waals surface area contributed by atoms with Gasteiger partial charge in [-0.2, -0.15) is 0 Å². The molecule has 0 amide bonds. The van der Waals surface area contributed by atoms with E-state index in [9.17, 15) is 4.79 Å². The molecule has 0 unspecified atom stereocenters. The summed E-state index contributed by atoms with van der Waals surface area (Å²) in [5.74, 6) is -0.346. The monoisotopic (exact) mass is 256 g/mol. The Bertz CT molecular complexity index is 592. The maximum absolute atomic E-state index is 11.3. The third kappa shape index (κ3) is 3.04. The first-order valence-electron chi connectivity index (χ1n) is 5.91. The fourth-order valence-corrected chi connectivity index (χ4v) is 1.74. The van der Waals surface area contributed by atoms with Gasteiger partial charge in [-0.3, -0.25) is 0 Å². The molecule has 0 spiro atoms. The van der Waals surface area contributed by atoms with Gasteiger partial charge in [0.1, 0.15) is 0 Å². The van der Waals surface area contributed by atoms with Crippen LogP contribution in [0.5, 0.6) is 0 Å². The first kappa shape index (κ1) is 13.0. The maximum atomic E-state index is 11.3. The number of nitrogens with two attached hydrogens (primary N) is 1. The molecular weight excluding hydrogens is 240 g/mol. The van der Waals surface area contributed by atoms with Crippen molar-refractivity contribution in [3.8, 4) is 0 Å². The summed E-state index contributed by atoms with van der Waals surface area (Å²) in [7, 11) is 1.36. The number of esters is 1. The number of rotatable bonds is 3. The number of nitrogens with one attached hydrogen (secondary N) is 1. The Morgan fingerprint density at radius 2 is 1.84 bits per heavy atom. The van der Waals surface area contributed by atoms with E-state index in [2.05, 4.69) is 10.1 Å². The highest BCUT2D eigenvalue weighted by Crippen LogP contribution is 2.24. The van der Waals surface area contributed by atoms with Crippen LogP contribution in [0.4, 0.5) is 17.1 Å². The lowest BCUT2D eigenvalue weighted by Crippen LogP contribution is -2.01. The lowest BCUT2D eigenvalue weighted by Gasteiger charge is -2.10. The SMILES string of the molecule is COC(=O)c1ccc(Nc2cc(C)ccc2N)cc1. The molecule has 2 aromatic carbocycles. The van der Waals surface area contributed by atoms with Crippen LogP contribution in [-0.2, 0) is 4.74 Å². The van der Waals surface area contributed by atoms with Gasteiger partial charge in [0.25, 0.3) is 0 Å². The average molecular weight is 256 g/mol. The lowest BCUT2D eigenvalue weighted by molar-refractivity contribution is 0.0601. The minimum absolute atomic E-state index is 0.346. The molecule has 0 saturated carbocycles. The highest BCUT2D eigenvalue weighted by atomic mass is 16.5. The fourth-order valence-electron chi connectivity index (χ4n) is 1.74. The van der Waals surface area contributed by atoms with E-state index in [0.717, 1.165) is 16.9 Å². The number of aryl methyl sites for hydroxylation is 1. The second-order valence-electron chi connectivity index (χ2n) is 4.28. The molecule has 3 N–H and O–H groups in total. The number of carbonyl (C=O) groups excluding carboxylic acids is 1. The summed E-state index contributed by atoms with van der Waals surface area (Å²) in [4.78, 5) is 11.3. The zero-order chi connectivity index (χ0) is 13.8. The van der Waals surface area contributed by atoms with Gasteiger partial charge in [-0.25, -0.2) is 4.79 Å². The molecule has 4 heteroatoms. The summed E-state index contributed by atoms with van der Waals surface area (Å²) in [5.41, 5.74) is 9.95. The van der Waals surface area contributed by atoms with E-state index in [4.69, 9.17) is 5.73 Å². The molecule has 2 aromatic rings. The van der Waals surface area contributed by atoms with Gasteiger partial charge < -0.3 is 15.8 Å². The molecule has 4 nitrogen and oxygen atoms in total. The van der Waals surface area contributed by atoms with Crippen molar-refractivity contribution in [2.45, 2.75) is 6.92 Å². The van der Waals surface area contributed by atoms with Crippen LogP contribution in [0.3, 0.4) is 0 Å². The normalized spacial score (nSPS) is 10.0. The molecular formula is C15H16N2O2. The number of ether oxygens (including phenoxy) is 1. The largest absolute Gasteiger partial charge is 0.465 e. The van der Waals surface area contributed by atoms with Crippen LogP contribution in [-0.4, -0.2) is 13.1 Å². The predicted molar refractivity (Wildman–Crippen MR) is 76.7 cm³/mol. The summed E-state index contributed by atoms with van der Waals surface area (Å²) in [5, 5.41) is 3.22. The summed E-state index contributed by atoms with van der Waals surface area (Å²) >= 11 is 0. The summed E-state index contributed by atoms with van der Waals surface area (Å²) in [6, 6.07) is 12.8. The standard InChI is InChI=1S/C15H16N2O2/c1-10-3-8-13(16)14(9-10)17-12-6-4-11(5-7-12)15(18)19-2/h3-9,17H,16H2,1-2H3. The van der Waals surface area contributed by atoms with Crippen molar-refractivity contribution < 1.29 is 9.53 Å². The van der Waals surface area contributed by atoms with Gasteiger partial charge in [0.15, 0.2) is 0 Å². The zero-order valence-corrected chi connectivity index (χ0v) is 10.9. The second kappa shape index (κ2) is 5.44. The van der Waals surface area contributed by atoms with Crippen molar-refractivity contribution >= 4 is 23.0 Å². The van der Waals surface area contributed by atoms with Crippen LogP contribution in [0.15, 0.2) is 42.5 Å². The van der Waals surface area contributed by atoms with E-state index in [-0.39, 0.29) is 5.97 Å². The Kier molecular flexibility index (Phi) is 3.71. The molecule has 98 valence electrons. The minimum Gasteiger partial charge on any atom is -0.465 e. The fraction of sp³-hybridized carbons (Fsp3) is 0.133. The Morgan fingerprint density at radius 1 is 1.16 bits per heavy atom. The van der Waals surface area contributed by atoms with Crippen LogP contribution in [0.2, 0.25) is 0 Å². The Balaban J connectivity index is 2.19. The van der Waals surface area contributed by atoms with E-state index < -0.39 is 0 Å². The van der Waals surface area contributed by atoms with Crippen LogP contribution in [0, 0.1) is 6.92 Å². The Labute approximate surface area is 112 Å². The smallest absolute Gasteiger partial charge is 0.337 e. The zero-order valence-electron chi connectivity index (χ0n) is 10.9. The molecule has 0 aliphatic rings. The van der Waals surface area contributed by atoms with E-state index in [1.807, 2.05) is 37.3 Å². The third-order valence-electron chi connectivity index (χ3n) is 2.79. The quantitative estimate of drug-likeness (QED) is 0.654. The second-order valence-corrected chi connectivity index (χ2v) is 4.28. The summed E-state index contributed by atoms with van der Waals surface area (Å²) in [6.07, 6.45) is 0. The van der Waals surface area contributed by atoms with Crippen molar-refractivity contribution in [3.05, 3.63) is 53.6 Å². The maximum Gasteiger partial charge on any atom is 0.337 e. The number of benzene rings is 2. The van der Waals surface area contributed by atoms with Crippen LogP contribution in [0.25, 0.3) is 0 Å². The first-order valence-corrected chi connectivity index (χ1v) is 5.91. The van der Waals surface area contributed by atoms with Crippen molar-refractivity contribution in [1.82, 2.24) is 0 Å². The molecule has 0 fully saturated rings. The molecule has 0 aliphatic heterocycles. The van der Waals surface area contributed by atoms with Crippen LogP contribution < -0.4 is 11.1 Å². The molecule has 0 radical (unpaired) electrons. The minimum atomic E-state index is -0.346. The first-order chi connectivity index (χ1) is 9.10. The highest BCUT2D eigenvalue weighted by molar-refractivity contribution is 5.89. The predicted octanol–water partition coefficient (Wildman–Crippen LogP) is 3.11. The van der Waals surface area contributed by atoms with Crippen molar-refractivity contribution in [1.29, 1.82) is 0 Å².